The van der Waals surface area contributed by atoms with Crippen molar-refractivity contribution in [3.63, 3.8) is 0 Å². The minimum Gasteiger partial charge on any atom is -0.493 e. The van der Waals surface area contributed by atoms with E-state index in [0.717, 1.165) is 18.1 Å². The number of hydrogen-bond acceptors (Lipinski definition) is 2. The number of ether oxygens (including phenoxy) is 1. The highest BCUT2D eigenvalue weighted by Crippen LogP contribution is 2.39. The van der Waals surface area contributed by atoms with Crippen LogP contribution in [0, 0.1) is 0 Å². The largest absolute Gasteiger partial charge is 0.493 e. The molecule has 21 heavy (non-hydrogen) atoms. The molecule has 1 aliphatic rings. The van der Waals surface area contributed by atoms with Crippen LogP contribution >= 0.6 is 11.8 Å². The Morgan fingerprint density at radius 2 is 1.71 bits per heavy atom. The maximum Gasteiger partial charge on any atom is 0.119 e. The highest BCUT2D eigenvalue weighted by molar-refractivity contribution is 7.99. The van der Waals surface area contributed by atoms with Gasteiger partial charge < -0.3 is 4.74 Å². The number of rotatable bonds is 3. The van der Waals surface area contributed by atoms with E-state index in [9.17, 15) is 0 Å². The highest BCUT2D eigenvalue weighted by Gasteiger charge is 2.23. The van der Waals surface area contributed by atoms with Crippen LogP contribution in [0.5, 0.6) is 5.75 Å². The number of fused-ring (bicyclic) bond motifs is 2. The lowest BCUT2D eigenvalue weighted by atomic mass is 10.0. The van der Waals surface area contributed by atoms with Crippen molar-refractivity contribution in [3.8, 4) is 5.75 Å². The van der Waals surface area contributed by atoms with Crippen LogP contribution in [0.4, 0.5) is 0 Å². The van der Waals surface area contributed by atoms with Crippen molar-refractivity contribution in [2.24, 2.45) is 0 Å². The van der Waals surface area contributed by atoms with E-state index in [4.69, 9.17) is 4.74 Å². The van der Waals surface area contributed by atoms with E-state index in [1.54, 1.807) is 0 Å². The van der Waals surface area contributed by atoms with Crippen molar-refractivity contribution in [3.05, 3.63) is 72.3 Å². The van der Waals surface area contributed by atoms with E-state index in [1.165, 1.54) is 21.2 Å². The van der Waals surface area contributed by atoms with Gasteiger partial charge in [0.1, 0.15) is 5.75 Å². The molecule has 0 amide bonds. The van der Waals surface area contributed by atoms with Gasteiger partial charge in [-0.3, -0.25) is 0 Å². The summed E-state index contributed by atoms with van der Waals surface area (Å²) in [5, 5.41) is 2.49. The van der Waals surface area contributed by atoms with Crippen LogP contribution in [0.15, 0.2) is 71.6 Å². The van der Waals surface area contributed by atoms with Gasteiger partial charge >= 0.3 is 0 Å². The van der Waals surface area contributed by atoms with Crippen LogP contribution in [0.25, 0.3) is 10.8 Å². The fourth-order valence-corrected chi connectivity index (χ4v) is 4.05. The Balaban J connectivity index is 1.51. The predicted molar refractivity (Wildman–Crippen MR) is 89.4 cm³/mol. The Morgan fingerprint density at radius 3 is 2.67 bits per heavy atom. The van der Waals surface area contributed by atoms with Crippen LogP contribution < -0.4 is 4.74 Å². The lowest BCUT2D eigenvalue weighted by Crippen LogP contribution is -2.09. The maximum atomic E-state index is 6.04. The third-order valence-electron chi connectivity index (χ3n) is 3.97. The van der Waals surface area contributed by atoms with Crippen LogP contribution in [-0.2, 0) is 0 Å². The van der Waals surface area contributed by atoms with Crippen molar-refractivity contribution in [2.45, 2.75) is 10.8 Å². The molecule has 104 valence electrons. The molecule has 1 unspecified atom stereocenters. The lowest BCUT2D eigenvalue weighted by Gasteiger charge is -2.13. The first-order valence-electron chi connectivity index (χ1n) is 7.23. The van der Waals surface area contributed by atoms with Gasteiger partial charge in [0.25, 0.3) is 0 Å². The molecular weight excluding hydrogens is 276 g/mol. The molecule has 0 bridgehead atoms. The molecule has 3 aromatic carbocycles. The molecule has 0 saturated carbocycles. The minimum absolute atomic E-state index is 0.498. The summed E-state index contributed by atoms with van der Waals surface area (Å²) in [6.07, 6.45) is 0. The molecule has 0 fully saturated rings. The molecule has 0 saturated heterocycles. The molecule has 0 spiro atoms. The summed E-state index contributed by atoms with van der Waals surface area (Å²) in [4.78, 5) is 1.41. The van der Waals surface area contributed by atoms with E-state index < -0.39 is 0 Å². The number of thioether (sulfide) groups is 1. The second-order valence-corrected chi connectivity index (χ2v) is 6.43. The van der Waals surface area contributed by atoms with Crippen LogP contribution in [0.3, 0.4) is 0 Å². The monoisotopic (exact) mass is 292 g/mol. The molecule has 0 radical (unpaired) electrons. The van der Waals surface area contributed by atoms with Crippen molar-refractivity contribution < 1.29 is 4.74 Å². The Labute approximate surface area is 128 Å². The molecule has 2 heteroatoms. The fourth-order valence-electron chi connectivity index (χ4n) is 2.82. The van der Waals surface area contributed by atoms with Gasteiger partial charge in [-0.1, -0.05) is 48.5 Å². The lowest BCUT2D eigenvalue weighted by molar-refractivity contribution is 0.298. The number of hydrogen-bond donors (Lipinski definition) is 0. The van der Waals surface area contributed by atoms with Gasteiger partial charge in [-0.05, 0) is 34.5 Å². The zero-order valence-electron chi connectivity index (χ0n) is 11.7. The second-order valence-electron chi connectivity index (χ2n) is 5.37. The van der Waals surface area contributed by atoms with Crippen LogP contribution in [-0.4, -0.2) is 12.4 Å². The fraction of sp³-hybridized carbons (Fsp3) is 0.158. The molecule has 1 heterocycles. The van der Waals surface area contributed by atoms with Crippen LogP contribution in [0.2, 0.25) is 0 Å². The molecule has 1 atom stereocenters. The first-order valence-corrected chi connectivity index (χ1v) is 8.22. The predicted octanol–water partition coefficient (Wildman–Crippen LogP) is 5.11. The Morgan fingerprint density at radius 1 is 0.905 bits per heavy atom. The van der Waals surface area contributed by atoms with E-state index in [2.05, 4.69) is 66.7 Å². The maximum absolute atomic E-state index is 6.04. The molecular formula is C19H16OS. The van der Waals surface area contributed by atoms with E-state index in [0.29, 0.717) is 5.92 Å². The zero-order chi connectivity index (χ0) is 14.1. The molecule has 0 N–H and O–H groups in total. The Hall–Kier alpha value is -1.93. The molecule has 1 nitrogen and oxygen atoms in total. The summed E-state index contributed by atoms with van der Waals surface area (Å²) in [6, 6.07) is 23.4. The highest BCUT2D eigenvalue weighted by atomic mass is 32.2. The van der Waals surface area contributed by atoms with Gasteiger partial charge in [-0.15, -0.1) is 11.8 Å². The van der Waals surface area contributed by atoms with Gasteiger partial charge in [0.2, 0.25) is 0 Å². The quantitative estimate of drug-likeness (QED) is 0.663. The van der Waals surface area contributed by atoms with Gasteiger partial charge in [0.05, 0.1) is 6.61 Å². The second kappa shape index (κ2) is 5.45. The summed E-state index contributed by atoms with van der Waals surface area (Å²) in [6.45, 7) is 0.752. The third kappa shape index (κ3) is 2.52. The molecule has 4 rings (SSSR count). The molecule has 0 aromatic heterocycles. The topological polar surface area (TPSA) is 9.23 Å². The van der Waals surface area contributed by atoms with Gasteiger partial charge in [-0.2, -0.15) is 0 Å². The summed E-state index contributed by atoms with van der Waals surface area (Å²) in [5.41, 5.74) is 1.43. The third-order valence-corrected chi connectivity index (χ3v) is 5.22. The summed E-state index contributed by atoms with van der Waals surface area (Å²) < 4.78 is 6.04. The average molecular weight is 292 g/mol. The van der Waals surface area contributed by atoms with Crippen molar-refractivity contribution in [1.82, 2.24) is 0 Å². The average Bonchev–Trinajstić information content (AvgIpc) is 2.96. The molecule has 0 aliphatic carbocycles. The zero-order valence-corrected chi connectivity index (χ0v) is 12.5. The van der Waals surface area contributed by atoms with E-state index in [1.807, 2.05) is 11.8 Å². The van der Waals surface area contributed by atoms with Gasteiger partial charge in [0.15, 0.2) is 0 Å². The SMILES string of the molecule is c1ccc2c(c1)SCC2COc1ccc2ccccc2c1. The van der Waals surface area contributed by atoms with Gasteiger partial charge in [-0.25, -0.2) is 0 Å². The van der Waals surface area contributed by atoms with E-state index in [-0.39, 0.29) is 0 Å². The van der Waals surface area contributed by atoms with Crippen molar-refractivity contribution in [2.75, 3.05) is 12.4 Å². The normalized spacial score (nSPS) is 16.9. The summed E-state index contributed by atoms with van der Waals surface area (Å²) in [5.74, 6) is 2.58. The van der Waals surface area contributed by atoms with Crippen LogP contribution in [0.1, 0.15) is 11.5 Å². The molecule has 1 aliphatic heterocycles. The summed E-state index contributed by atoms with van der Waals surface area (Å²) >= 11 is 1.93. The van der Waals surface area contributed by atoms with Crippen molar-refractivity contribution >= 4 is 22.5 Å². The number of benzene rings is 3. The molecule has 3 aromatic rings. The first kappa shape index (κ1) is 12.8. The van der Waals surface area contributed by atoms with Crippen molar-refractivity contribution in [1.29, 1.82) is 0 Å². The standard InChI is InChI=1S/C19H16OS/c1-2-6-15-11-17(10-9-14(15)5-1)20-12-16-13-21-19-8-4-3-7-18(16)19/h1-11,16H,12-13H2. The minimum atomic E-state index is 0.498. The smallest absolute Gasteiger partial charge is 0.119 e. The van der Waals surface area contributed by atoms with Gasteiger partial charge in [0, 0.05) is 16.6 Å². The Kier molecular flexibility index (Phi) is 3.32. The summed E-state index contributed by atoms with van der Waals surface area (Å²) in [7, 11) is 0. The first-order chi connectivity index (χ1) is 10.4. The van der Waals surface area contributed by atoms with E-state index >= 15 is 0 Å². The Bertz CT molecular complexity index is 781.